The van der Waals surface area contributed by atoms with Crippen LogP contribution in [0.25, 0.3) is 0 Å². The second-order valence-corrected chi connectivity index (χ2v) is 10.9. The van der Waals surface area contributed by atoms with Gasteiger partial charge in [-0.2, -0.15) is 0 Å². The minimum Gasteiger partial charge on any atom is -0.726 e. The quantitative estimate of drug-likeness (QED) is 0.0606. The second-order valence-electron chi connectivity index (χ2n) is 9.85. The zero-order chi connectivity index (χ0) is 23.8. The monoisotopic (exact) mass is 514 g/mol. The summed E-state index contributed by atoms with van der Waals surface area (Å²) in [6.45, 7) is 4.53. The largest absolute Gasteiger partial charge is 1.00 e. The summed E-state index contributed by atoms with van der Waals surface area (Å²) in [5, 5.41) is 0. The average molecular weight is 515 g/mol. The second kappa shape index (κ2) is 28.1. The van der Waals surface area contributed by atoms with Crippen molar-refractivity contribution in [3.63, 3.8) is 0 Å². The maximum atomic E-state index is 10.8. The third-order valence-electron chi connectivity index (χ3n) is 6.63. The van der Waals surface area contributed by atoms with Crippen LogP contribution in [0, 0.1) is 5.92 Å². The molecule has 0 aromatic heterocycles. The number of unbranched alkanes of at least 4 members (excludes halogenated alkanes) is 19. The summed E-state index contributed by atoms with van der Waals surface area (Å²) < 4.78 is 36.9. The van der Waals surface area contributed by atoms with Gasteiger partial charge in [0.15, 0.2) is 0 Å². The predicted octanol–water partition coefficient (Wildman–Crippen LogP) is 6.10. The summed E-state index contributed by atoms with van der Waals surface area (Å²) in [6, 6.07) is 0. The fourth-order valence-corrected chi connectivity index (χ4v) is 4.87. The van der Waals surface area contributed by atoms with Crippen molar-refractivity contribution < 1.29 is 68.5 Å². The zero-order valence-electron chi connectivity index (χ0n) is 22.6. The van der Waals surface area contributed by atoms with Gasteiger partial charge in [-0.05, 0) is 18.8 Å². The smallest absolute Gasteiger partial charge is 0.726 e. The van der Waals surface area contributed by atoms with Crippen LogP contribution in [0.15, 0.2) is 0 Å². The van der Waals surface area contributed by atoms with Gasteiger partial charge in [0.25, 0.3) is 0 Å². The number of hydrogen-bond donors (Lipinski definition) is 0. The Labute approximate surface area is 250 Å². The number of hydrogen-bond acceptors (Lipinski definition) is 4. The van der Waals surface area contributed by atoms with E-state index in [0.717, 1.165) is 25.7 Å². The summed E-state index contributed by atoms with van der Waals surface area (Å²) in [5.41, 5.74) is 0. The molecule has 0 saturated carbocycles. The molecule has 0 aliphatic carbocycles. The Balaban J connectivity index is 0. The van der Waals surface area contributed by atoms with Crippen LogP contribution in [0.3, 0.4) is 0 Å². The fraction of sp³-hybridized carbons (Fsp3) is 1.00. The molecule has 1 unspecified atom stereocenters. The van der Waals surface area contributed by atoms with Crippen LogP contribution in [0.4, 0.5) is 0 Å². The Morgan fingerprint density at radius 1 is 0.545 bits per heavy atom. The molecule has 0 radical (unpaired) electrons. The minimum absolute atomic E-state index is 0. The predicted molar refractivity (Wildman–Crippen MR) is 137 cm³/mol. The van der Waals surface area contributed by atoms with Crippen molar-refractivity contribution >= 4 is 10.4 Å². The minimum atomic E-state index is -4.57. The molecule has 6 heteroatoms. The van der Waals surface area contributed by atoms with Gasteiger partial charge in [0.05, 0.1) is 6.61 Å². The van der Waals surface area contributed by atoms with Crippen LogP contribution >= 0.6 is 0 Å². The Bertz CT molecular complexity index is 471. The van der Waals surface area contributed by atoms with Crippen molar-refractivity contribution in [3.8, 4) is 0 Å². The van der Waals surface area contributed by atoms with E-state index in [2.05, 4.69) is 18.0 Å². The van der Waals surface area contributed by atoms with E-state index in [1.54, 1.807) is 0 Å². The normalized spacial score (nSPS) is 12.6. The molecule has 0 aromatic rings. The Morgan fingerprint density at radius 3 is 1.12 bits per heavy atom. The molecular formula is C27H55KO4S. The molecule has 0 saturated heterocycles. The van der Waals surface area contributed by atoms with E-state index in [0.29, 0.717) is 0 Å². The SMILES string of the molecule is CCCCCCCCCCCCCCCCCCCC(CCCCCC)COS(=O)(=O)[O-].[K+]. The van der Waals surface area contributed by atoms with Crippen molar-refractivity contribution in [2.75, 3.05) is 6.61 Å². The van der Waals surface area contributed by atoms with Crippen LogP contribution in [0.5, 0.6) is 0 Å². The van der Waals surface area contributed by atoms with E-state index in [4.69, 9.17) is 0 Å². The summed E-state index contributed by atoms with van der Waals surface area (Å²) in [7, 11) is -4.57. The van der Waals surface area contributed by atoms with Crippen LogP contribution in [-0.4, -0.2) is 19.6 Å². The third kappa shape index (κ3) is 31.5. The van der Waals surface area contributed by atoms with E-state index in [9.17, 15) is 13.0 Å². The summed E-state index contributed by atoms with van der Waals surface area (Å²) >= 11 is 0. The molecule has 0 aromatic carbocycles. The molecule has 194 valence electrons. The Morgan fingerprint density at radius 2 is 0.818 bits per heavy atom. The third-order valence-corrected chi connectivity index (χ3v) is 7.05. The van der Waals surface area contributed by atoms with Crippen molar-refractivity contribution in [2.24, 2.45) is 5.92 Å². The first-order valence-electron chi connectivity index (χ1n) is 14.1. The topological polar surface area (TPSA) is 66.4 Å². The van der Waals surface area contributed by atoms with Gasteiger partial charge >= 0.3 is 51.4 Å². The molecule has 0 aliphatic heterocycles. The molecule has 1 atom stereocenters. The number of rotatable bonds is 26. The van der Waals surface area contributed by atoms with Crippen molar-refractivity contribution in [1.29, 1.82) is 0 Å². The van der Waals surface area contributed by atoms with E-state index in [1.807, 2.05) is 0 Å². The van der Waals surface area contributed by atoms with Crippen molar-refractivity contribution in [3.05, 3.63) is 0 Å². The van der Waals surface area contributed by atoms with E-state index in [1.165, 1.54) is 122 Å². The first kappa shape index (κ1) is 36.7. The van der Waals surface area contributed by atoms with Gasteiger partial charge in [0.1, 0.15) is 0 Å². The first-order valence-corrected chi connectivity index (χ1v) is 15.4. The first-order chi connectivity index (χ1) is 15.5. The van der Waals surface area contributed by atoms with Gasteiger partial charge in [-0.25, -0.2) is 8.42 Å². The van der Waals surface area contributed by atoms with Crippen LogP contribution in [0.2, 0.25) is 0 Å². The molecule has 0 fully saturated rings. The zero-order valence-corrected chi connectivity index (χ0v) is 26.5. The van der Waals surface area contributed by atoms with E-state index < -0.39 is 10.4 Å². The molecule has 0 N–H and O–H groups in total. The van der Waals surface area contributed by atoms with Gasteiger partial charge < -0.3 is 4.55 Å². The molecular weight excluding hydrogens is 459 g/mol. The van der Waals surface area contributed by atoms with E-state index >= 15 is 0 Å². The van der Waals surface area contributed by atoms with Gasteiger partial charge in [-0.1, -0.05) is 149 Å². The fourth-order valence-electron chi connectivity index (χ4n) is 4.51. The van der Waals surface area contributed by atoms with Crippen LogP contribution < -0.4 is 51.4 Å². The van der Waals surface area contributed by atoms with Gasteiger partial charge in [0.2, 0.25) is 10.4 Å². The Hall–Kier alpha value is 1.51. The van der Waals surface area contributed by atoms with Crippen molar-refractivity contribution in [1.82, 2.24) is 0 Å². The molecule has 4 nitrogen and oxygen atoms in total. The summed E-state index contributed by atoms with van der Waals surface area (Å²) in [5.74, 6) is 0.201. The maximum Gasteiger partial charge on any atom is 1.00 e. The van der Waals surface area contributed by atoms with Crippen molar-refractivity contribution in [2.45, 2.75) is 162 Å². The molecule has 0 heterocycles. The van der Waals surface area contributed by atoms with Gasteiger partial charge in [0, 0.05) is 0 Å². The molecule has 0 bridgehead atoms. The van der Waals surface area contributed by atoms with E-state index in [-0.39, 0.29) is 63.9 Å². The standard InChI is InChI=1S/C27H56O4S.K/c1-3-5-7-9-10-11-12-13-14-15-16-17-18-19-20-21-23-25-27(24-22-8-6-4-2)26-31-32(28,29)30;/h27H,3-26H2,1-2H3,(H,28,29,30);/q;+1/p-1. The summed E-state index contributed by atoms with van der Waals surface area (Å²) in [4.78, 5) is 0. The molecule has 33 heavy (non-hydrogen) atoms. The maximum absolute atomic E-state index is 10.8. The molecule has 0 rings (SSSR count). The van der Waals surface area contributed by atoms with Crippen LogP contribution in [-0.2, 0) is 14.6 Å². The van der Waals surface area contributed by atoms with Gasteiger partial charge in [-0.3, -0.25) is 4.18 Å². The summed E-state index contributed by atoms with van der Waals surface area (Å²) in [6.07, 6.45) is 29.7. The average Bonchev–Trinajstić information content (AvgIpc) is 2.75. The van der Waals surface area contributed by atoms with Crippen LogP contribution in [0.1, 0.15) is 162 Å². The molecule has 0 spiro atoms. The van der Waals surface area contributed by atoms with Gasteiger partial charge in [-0.15, -0.1) is 0 Å². The Kier molecular flexibility index (Phi) is 31.2. The molecule has 0 amide bonds. The molecule has 0 aliphatic rings.